The van der Waals surface area contributed by atoms with Gasteiger partial charge < -0.3 is 50.0 Å². The fourth-order valence-corrected chi connectivity index (χ4v) is 3.00. The Bertz CT molecular complexity index is 929. The molecule has 0 unspecified atom stereocenters. The molecule has 0 spiro atoms. The Kier molecular flexibility index (Phi) is 6.83. The number of hydrogen-bond donors (Lipinski definition) is 7. The average molecular weight is 438 g/mol. The van der Waals surface area contributed by atoms with Gasteiger partial charge in [0.25, 0.3) is 0 Å². The smallest absolute Gasteiger partial charge is 0.342 e. The maximum absolute atomic E-state index is 12.2. The number of carbonyl (C=O) groups is 1. The molecule has 2 aromatic carbocycles. The van der Waals surface area contributed by atoms with Crippen LogP contribution in [-0.4, -0.2) is 79.0 Å². The van der Waals surface area contributed by atoms with Crippen molar-refractivity contribution in [3.8, 4) is 23.0 Å². The summed E-state index contributed by atoms with van der Waals surface area (Å²) in [6, 6.07) is 7.54. The van der Waals surface area contributed by atoms with Gasteiger partial charge in [0.05, 0.1) is 6.61 Å². The van der Waals surface area contributed by atoms with Crippen molar-refractivity contribution < 1.29 is 54.8 Å². The summed E-state index contributed by atoms with van der Waals surface area (Å²) in [6.07, 6.45) is -7.54. The number of aliphatic hydroxyl groups excluding tert-OH is 4. The molecular weight excluding hydrogens is 416 g/mol. The summed E-state index contributed by atoms with van der Waals surface area (Å²) < 4.78 is 15.9. The van der Waals surface area contributed by atoms with Crippen molar-refractivity contribution in [1.82, 2.24) is 0 Å². The highest BCUT2D eigenvalue weighted by Gasteiger charge is 2.44. The molecule has 11 heteroatoms. The van der Waals surface area contributed by atoms with E-state index in [-0.39, 0.29) is 22.6 Å². The highest BCUT2D eigenvalue weighted by molar-refractivity contribution is 5.93. The number of hydrogen-bond acceptors (Lipinski definition) is 11. The summed E-state index contributed by atoms with van der Waals surface area (Å²) >= 11 is 0. The molecule has 0 radical (unpaired) electrons. The van der Waals surface area contributed by atoms with E-state index in [1.54, 1.807) is 0 Å². The van der Waals surface area contributed by atoms with E-state index >= 15 is 0 Å². The Morgan fingerprint density at radius 1 is 1.00 bits per heavy atom. The van der Waals surface area contributed by atoms with Gasteiger partial charge in [0.1, 0.15) is 48.1 Å². The zero-order valence-corrected chi connectivity index (χ0v) is 16.0. The highest BCUT2D eigenvalue weighted by Crippen LogP contribution is 2.31. The minimum absolute atomic E-state index is 0.00932. The lowest BCUT2D eigenvalue weighted by atomic mass is 9.99. The lowest BCUT2D eigenvalue weighted by Gasteiger charge is -2.39. The molecule has 1 saturated heterocycles. The predicted molar refractivity (Wildman–Crippen MR) is 101 cm³/mol. The zero-order chi connectivity index (χ0) is 22.7. The van der Waals surface area contributed by atoms with Crippen molar-refractivity contribution in [2.24, 2.45) is 0 Å². The minimum Gasteiger partial charge on any atom is -0.508 e. The second-order valence-electron chi connectivity index (χ2n) is 6.86. The van der Waals surface area contributed by atoms with Crippen molar-refractivity contribution in [1.29, 1.82) is 0 Å². The van der Waals surface area contributed by atoms with E-state index < -0.39 is 61.4 Å². The molecule has 168 valence electrons. The van der Waals surface area contributed by atoms with Gasteiger partial charge >= 0.3 is 5.97 Å². The van der Waals surface area contributed by atoms with Gasteiger partial charge in [-0.15, -0.1) is 0 Å². The number of phenols is 3. The Morgan fingerprint density at radius 3 is 2.45 bits per heavy atom. The normalized spacial score (nSPS) is 25.7. The number of carbonyl (C=O) groups excluding carboxylic acids is 1. The summed E-state index contributed by atoms with van der Waals surface area (Å²) in [5.41, 5.74) is -0.137. The van der Waals surface area contributed by atoms with Crippen molar-refractivity contribution in [2.75, 3.05) is 6.61 Å². The number of aromatic hydroxyl groups is 3. The van der Waals surface area contributed by atoms with Crippen molar-refractivity contribution in [2.45, 2.75) is 37.3 Å². The third kappa shape index (κ3) is 4.81. The minimum atomic E-state index is -1.66. The molecule has 7 N–H and O–H groups in total. The van der Waals surface area contributed by atoms with Gasteiger partial charge in [-0.05, 0) is 30.3 Å². The largest absolute Gasteiger partial charge is 0.508 e. The second-order valence-corrected chi connectivity index (χ2v) is 6.86. The Balaban J connectivity index is 1.76. The van der Waals surface area contributed by atoms with E-state index in [1.807, 2.05) is 0 Å². The number of para-hydroxylation sites is 1. The van der Waals surface area contributed by atoms with E-state index in [1.165, 1.54) is 36.4 Å². The quantitative estimate of drug-likeness (QED) is 0.224. The average Bonchev–Trinajstić information content (AvgIpc) is 2.75. The van der Waals surface area contributed by atoms with Crippen LogP contribution in [0.2, 0.25) is 0 Å². The maximum atomic E-state index is 12.2. The first-order valence-corrected chi connectivity index (χ1v) is 9.20. The Labute approximate surface area is 175 Å². The predicted octanol–water partition coefficient (Wildman–Crippen LogP) is -0.661. The number of esters is 1. The van der Waals surface area contributed by atoms with Crippen LogP contribution in [0.1, 0.15) is 15.9 Å². The van der Waals surface area contributed by atoms with Gasteiger partial charge in [0, 0.05) is 5.56 Å². The second kappa shape index (κ2) is 9.37. The number of benzene rings is 2. The Hall–Kier alpha value is -3.09. The van der Waals surface area contributed by atoms with Gasteiger partial charge in [0.15, 0.2) is 11.5 Å². The lowest BCUT2D eigenvalue weighted by Crippen LogP contribution is -2.60. The number of rotatable bonds is 6. The van der Waals surface area contributed by atoms with Crippen molar-refractivity contribution in [3.63, 3.8) is 0 Å². The van der Waals surface area contributed by atoms with E-state index in [0.29, 0.717) is 0 Å². The molecule has 0 aliphatic carbocycles. The number of phenolic OH excluding ortho intramolecular Hbond substituents is 3. The molecule has 1 heterocycles. The fraction of sp³-hybridized carbons (Fsp3) is 0.350. The fourth-order valence-electron chi connectivity index (χ4n) is 3.00. The Morgan fingerprint density at radius 2 is 1.74 bits per heavy atom. The van der Waals surface area contributed by atoms with Gasteiger partial charge in [-0.25, -0.2) is 4.79 Å². The molecule has 3 rings (SSSR count). The standard InChI is InChI=1S/C20H22O11/c21-7-14-16(25)17(26)18(27)20(31-14)30-13-5-4-10(22)6-9(13)8-29-19(28)11-2-1-3-12(23)15(11)24/h1-6,14,16-18,20-27H,7-8H2/t14-,16+,17+,18-,20-/m0/s1. The van der Waals surface area contributed by atoms with Crippen LogP contribution in [0.25, 0.3) is 0 Å². The molecule has 1 fully saturated rings. The van der Waals surface area contributed by atoms with E-state index in [2.05, 4.69) is 0 Å². The molecule has 2 aromatic rings. The van der Waals surface area contributed by atoms with Gasteiger partial charge in [-0.3, -0.25) is 0 Å². The van der Waals surface area contributed by atoms with Crippen molar-refractivity contribution in [3.05, 3.63) is 47.5 Å². The van der Waals surface area contributed by atoms with Crippen LogP contribution in [0.15, 0.2) is 36.4 Å². The van der Waals surface area contributed by atoms with Crippen LogP contribution in [0.5, 0.6) is 23.0 Å². The van der Waals surface area contributed by atoms with Crippen LogP contribution in [-0.2, 0) is 16.1 Å². The molecule has 1 aliphatic rings. The number of ether oxygens (including phenoxy) is 3. The SMILES string of the molecule is O=C(OCc1cc(O)ccc1O[C@H]1O[C@@H](CO)[C@@H](O)[C@@H](O)[C@@H]1O)c1cccc(O)c1O. The van der Waals surface area contributed by atoms with Gasteiger partial charge in [-0.1, -0.05) is 6.07 Å². The lowest BCUT2D eigenvalue weighted by molar-refractivity contribution is -0.277. The van der Waals surface area contributed by atoms with E-state index in [0.717, 1.165) is 0 Å². The van der Waals surface area contributed by atoms with Gasteiger partial charge in [-0.2, -0.15) is 0 Å². The van der Waals surface area contributed by atoms with Crippen LogP contribution in [0, 0.1) is 0 Å². The zero-order valence-electron chi connectivity index (χ0n) is 16.0. The summed E-state index contributed by atoms with van der Waals surface area (Å²) in [5, 5.41) is 68.2. The topological polar surface area (TPSA) is 186 Å². The van der Waals surface area contributed by atoms with Crippen LogP contribution in [0.4, 0.5) is 0 Å². The first kappa shape index (κ1) is 22.6. The first-order chi connectivity index (χ1) is 14.7. The van der Waals surface area contributed by atoms with Crippen LogP contribution < -0.4 is 4.74 Å². The van der Waals surface area contributed by atoms with Crippen molar-refractivity contribution >= 4 is 5.97 Å². The summed E-state index contributed by atoms with van der Waals surface area (Å²) in [6.45, 7) is -1.08. The van der Waals surface area contributed by atoms with Gasteiger partial charge in [0.2, 0.25) is 6.29 Å². The van der Waals surface area contributed by atoms with Crippen LogP contribution >= 0.6 is 0 Å². The molecule has 31 heavy (non-hydrogen) atoms. The monoisotopic (exact) mass is 438 g/mol. The molecule has 0 amide bonds. The molecular formula is C20H22O11. The first-order valence-electron chi connectivity index (χ1n) is 9.20. The third-order valence-corrected chi connectivity index (χ3v) is 4.73. The van der Waals surface area contributed by atoms with E-state index in [4.69, 9.17) is 14.2 Å². The molecule has 11 nitrogen and oxygen atoms in total. The summed E-state index contributed by atoms with van der Waals surface area (Å²) in [7, 11) is 0. The highest BCUT2D eigenvalue weighted by atomic mass is 16.7. The number of aliphatic hydroxyl groups is 4. The van der Waals surface area contributed by atoms with Crippen LogP contribution in [0.3, 0.4) is 0 Å². The molecule has 0 saturated carbocycles. The maximum Gasteiger partial charge on any atom is 0.342 e. The molecule has 0 aromatic heterocycles. The van der Waals surface area contributed by atoms with E-state index in [9.17, 15) is 40.5 Å². The third-order valence-electron chi connectivity index (χ3n) is 4.73. The molecule has 5 atom stereocenters. The molecule has 1 aliphatic heterocycles. The summed E-state index contributed by atoms with van der Waals surface area (Å²) in [4.78, 5) is 12.2. The summed E-state index contributed by atoms with van der Waals surface area (Å²) in [5.74, 6) is -2.29. The molecule has 0 bridgehead atoms.